The molecule has 1 saturated heterocycles. The number of guanidine groups is 1. The minimum atomic E-state index is -1.13. The minimum Gasteiger partial charge on any atom is -0.426 e. The molecule has 0 aliphatic carbocycles. The summed E-state index contributed by atoms with van der Waals surface area (Å²) in [5.74, 6) is -0.861. The number of aliphatic imine (C=N–C) groups is 1. The Labute approximate surface area is 136 Å². The highest BCUT2D eigenvalue weighted by Gasteiger charge is 2.36. The predicted molar refractivity (Wildman–Crippen MR) is 87.2 cm³/mol. The van der Waals surface area contributed by atoms with Gasteiger partial charge < -0.3 is 32.2 Å². The van der Waals surface area contributed by atoms with Gasteiger partial charge in [0, 0.05) is 19.1 Å². The van der Waals surface area contributed by atoms with E-state index < -0.39 is 19.1 Å². The van der Waals surface area contributed by atoms with Crippen molar-refractivity contribution in [2.24, 2.45) is 22.2 Å². The maximum atomic E-state index is 12.0. The quantitative estimate of drug-likeness (QED) is 0.149. The number of amides is 1. The molecule has 0 unspecified atom stereocenters. The highest BCUT2D eigenvalue weighted by molar-refractivity contribution is 6.45. The highest BCUT2D eigenvalue weighted by atomic mass is 16.5. The van der Waals surface area contributed by atoms with Crippen molar-refractivity contribution in [1.29, 1.82) is 0 Å². The summed E-state index contributed by atoms with van der Waals surface area (Å²) in [5.41, 5.74) is 16.2. The van der Waals surface area contributed by atoms with Gasteiger partial charge in [0.25, 0.3) is 0 Å². The molecule has 1 aliphatic rings. The average molecular weight is 327 g/mol. The van der Waals surface area contributed by atoms with Crippen molar-refractivity contribution in [3.05, 3.63) is 0 Å². The Bertz CT molecular complexity index is 444. The molecule has 0 spiro atoms. The molecule has 10 heteroatoms. The molecule has 23 heavy (non-hydrogen) atoms. The van der Waals surface area contributed by atoms with E-state index in [4.69, 9.17) is 21.9 Å². The molecule has 9 nitrogen and oxygen atoms in total. The summed E-state index contributed by atoms with van der Waals surface area (Å²) < 4.78 is 5.35. The molecule has 1 rings (SSSR count). The second kappa shape index (κ2) is 9.48. The number of hydrogen-bond donors (Lipinski definition) is 5. The lowest BCUT2D eigenvalue weighted by Crippen LogP contribution is -2.56. The van der Waals surface area contributed by atoms with Gasteiger partial charge in [0.1, 0.15) is 5.78 Å². The first-order chi connectivity index (χ1) is 10.8. The summed E-state index contributed by atoms with van der Waals surface area (Å²) in [7, 11) is -1.13. The topological polar surface area (TPSA) is 166 Å². The van der Waals surface area contributed by atoms with E-state index in [9.17, 15) is 14.6 Å². The second-order valence-electron chi connectivity index (χ2n) is 5.80. The molecule has 1 amide bonds. The summed E-state index contributed by atoms with van der Waals surface area (Å²) >= 11 is 0. The number of carbonyl (C=O) groups is 2. The lowest BCUT2D eigenvalue weighted by molar-refractivity contribution is -0.123. The van der Waals surface area contributed by atoms with E-state index in [-0.39, 0.29) is 30.2 Å². The molecule has 0 bridgehead atoms. The summed E-state index contributed by atoms with van der Waals surface area (Å²) in [5, 5.41) is 12.6. The third kappa shape index (κ3) is 7.44. The van der Waals surface area contributed by atoms with E-state index in [1.165, 1.54) is 6.92 Å². The highest BCUT2D eigenvalue weighted by Crippen LogP contribution is 2.19. The van der Waals surface area contributed by atoms with E-state index in [2.05, 4.69) is 10.3 Å². The fraction of sp³-hybridized carbons (Fsp3) is 0.769. The summed E-state index contributed by atoms with van der Waals surface area (Å²) in [6.07, 6.45) is 2.11. The zero-order chi connectivity index (χ0) is 17.4. The summed E-state index contributed by atoms with van der Waals surface area (Å²) in [4.78, 5) is 26.9. The molecule has 1 fully saturated rings. The van der Waals surface area contributed by atoms with E-state index in [1.807, 2.05) is 0 Å². The predicted octanol–water partition coefficient (Wildman–Crippen LogP) is -1.97. The van der Waals surface area contributed by atoms with Gasteiger partial charge >= 0.3 is 7.12 Å². The SMILES string of the molecule is CC(=O)C[C@@H]1CC[C@H](NC(=O)[C@H](N)CCCN=C(N)N)B(O)O1. The Morgan fingerprint density at radius 2 is 2.13 bits per heavy atom. The van der Waals surface area contributed by atoms with Gasteiger partial charge in [-0.3, -0.25) is 14.6 Å². The zero-order valence-electron chi connectivity index (χ0n) is 13.4. The standard InChI is InChI=1S/C13H26BN5O4/c1-8(20)7-9-4-5-11(14(22)23-9)19-12(21)10(15)3-2-6-18-13(16)17/h9-11,22H,2-7,15H2,1H3,(H,19,21)(H4,16,17,18)/t9-,10+,11-/m0/s1. The molecule has 0 radical (unpaired) electrons. The van der Waals surface area contributed by atoms with Crippen LogP contribution >= 0.6 is 0 Å². The minimum absolute atomic E-state index is 0.00520. The number of nitrogens with zero attached hydrogens (tertiary/aromatic N) is 1. The molecule has 8 N–H and O–H groups in total. The normalized spacial score (nSPS) is 22.3. The smallest absolute Gasteiger partial charge is 0.426 e. The van der Waals surface area contributed by atoms with Crippen LogP contribution in [-0.4, -0.2) is 54.4 Å². The molecule has 0 aromatic heterocycles. The average Bonchev–Trinajstić information content (AvgIpc) is 2.45. The molecule has 130 valence electrons. The van der Waals surface area contributed by atoms with Crippen molar-refractivity contribution in [3.8, 4) is 0 Å². The number of Topliss-reactive ketones (excluding diaryl/α,β-unsaturated/α-hetero) is 1. The third-order valence-electron chi connectivity index (χ3n) is 3.62. The van der Waals surface area contributed by atoms with Crippen LogP contribution in [0.2, 0.25) is 0 Å². The van der Waals surface area contributed by atoms with Crippen LogP contribution in [0.5, 0.6) is 0 Å². The van der Waals surface area contributed by atoms with Crippen molar-refractivity contribution in [2.45, 2.75) is 57.1 Å². The van der Waals surface area contributed by atoms with Crippen LogP contribution < -0.4 is 22.5 Å². The molecule has 1 heterocycles. The number of hydrogen-bond acceptors (Lipinski definition) is 6. The van der Waals surface area contributed by atoms with Crippen LogP contribution in [0.1, 0.15) is 39.0 Å². The van der Waals surface area contributed by atoms with Gasteiger partial charge in [-0.25, -0.2) is 0 Å². The second-order valence-corrected chi connectivity index (χ2v) is 5.80. The van der Waals surface area contributed by atoms with Crippen LogP contribution in [0.15, 0.2) is 4.99 Å². The third-order valence-corrected chi connectivity index (χ3v) is 3.62. The van der Waals surface area contributed by atoms with Crippen LogP contribution in [-0.2, 0) is 14.2 Å². The first-order valence-corrected chi connectivity index (χ1v) is 7.74. The Morgan fingerprint density at radius 1 is 1.43 bits per heavy atom. The monoisotopic (exact) mass is 327 g/mol. The van der Waals surface area contributed by atoms with E-state index in [0.29, 0.717) is 32.2 Å². The lowest BCUT2D eigenvalue weighted by Gasteiger charge is -2.31. The molecule has 3 atom stereocenters. The van der Waals surface area contributed by atoms with Crippen molar-refractivity contribution < 1.29 is 19.3 Å². The maximum Gasteiger partial charge on any atom is 0.478 e. The van der Waals surface area contributed by atoms with E-state index in [0.717, 1.165) is 0 Å². The fourth-order valence-electron chi connectivity index (χ4n) is 2.42. The van der Waals surface area contributed by atoms with Crippen LogP contribution in [0.3, 0.4) is 0 Å². The Kier molecular flexibility index (Phi) is 8.00. The molecular formula is C13H26BN5O4. The fourth-order valence-corrected chi connectivity index (χ4v) is 2.42. The Balaban J connectivity index is 2.33. The number of ketones is 1. The van der Waals surface area contributed by atoms with Gasteiger partial charge in [-0.1, -0.05) is 0 Å². The summed E-state index contributed by atoms with van der Waals surface area (Å²) in [6.45, 7) is 1.89. The number of carbonyl (C=O) groups excluding carboxylic acids is 2. The molecule has 1 aliphatic heterocycles. The number of rotatable bonds is 8. The molecular weight excluding hydrogens is 301 g/mol. The maximum absolute atomic E-state index is 12.0. The van der Waals surface area contributed by atoms with Crippen LogP contribution in [0, 0.1) is 0 Å². The van der Waals surface area contributed by atoms with Gasteiger partial charge in [0.05, 0.1) is 12.0 Å². The first kappa shape index (κ1) is 19.4. The van der Waals surface area contributed by atoms with Gasteiger partial charge in [-0.15, -0.1) is 0 Å². The summed E-state index contributed by atoms with van der Waals surface area (Å²) in [6, 6.07) is -0.702. The Hall–Kier alpha value is -1.65. The van der Waals surface area contributed by atoms with Crippen LogP contribution in [0.4, 0.5) is 0 Å². The first-order valence-electron chi connectivity index (χ1n) is 7.74. The van der Waals surface area contributed by atoms with Crippen molar-refractivity contribution in [2.75, 3.05) is 6.54 Å². The lowest BCUT2D eigenvalue weighted by atomic mass is 9.72. The van der Waals surface area contributed by atoms with Gasteiger partial charge in [-0.05, 0) is 32.6 Å². The Morgan fingerprint density at radius 3 is 2.70 bits per heavy atom. The van der Waals surface area contributed by atoms with Crippen molar-refractivity contribution in [3.63, 3.8) is 0 Å². The molecule has 0 aromatic rings. The van der Waals surface area contributed by atoms with Crippen molar-refractivity contribution in [1.82, 2.24) is 5.32 Å². The van der Waals surface area contributed by atoms with E-state index >= 15 is 0 Å². The van der Waals surface area contributed by atoms with Gasteiger partial charge in [0.15, 0.2) is 5.96 Å². The van der Waals surface area contributed by atoms with Gasteiger partial charge in [-0.2, -0.15) is 0 Å². The number of nitrogens with two attached hydrogens (primary N) is 3. The van der Waals surface area contributed by atoms with Crippen molar-refractivity contribution >= 4 is 24.8 Å². The zero-order valence-corrected chi connectivity index (χ0v) is 13.4. The van der Waals surface area contributed by atoms with Gasteiger partial charge in [0.2, 0.25) is 5.91 Å². The van der Waals surface area contributed by atoms with E-state index in [1.54, 1.807) is 0 Å². The largest absolute Gasteiger partial charge is 0.478 e. The molecule has 0 saturated carbocycles. The molecule has 0 aromatic carbocycles. The van der Waals surface area contributed by atoms with Crippen LogP contribution in [0.25, 0.3) is 0 Å². The number of nitrogens with one attached hydrogen (secondary N) is 1.